The summed E-state index contributed by atoms with van der Waals surface area (Å²) in [5, 5.41) is 10.3. The molecule has 142 valence electrons. The minimum Gasteiger partial charge on any atom is -0.495 e. The van der Waals surface area contributed by atoms with Gasteiger partial charge in [0.05, 0.1) is 13.7 Å². The Labute approximate surface area is 153 Å². The summed E-state index contributed by atoms with van der Waals surface area (Å²) in [6.45, 7) is 3.62. The number of nitrogens with one attached hydrogen (secondary N) is 1. The number of hydrogen-bond donors (Lipinski definition) is 2. The van der Waals surface area contributed by atoms with Gasteiger partial charge in [-0.25, -0.2) is 13.9 Å². The van der Waals surface area contributed by atoms with E-state index in [0.29, 0.717) is 11.8 Å². The highest BCUT2D eigenvalue weighted by Gasteiger charge is 2.30. The highest BCUT2D eigenvalue weighted by atomic mass is 32.2. The van der Waals surface area contributed by atoms with Crippen molar-refractivity contribution in [2.45, 2.75) is 25.2 Å². The predicted molar refractivity (Wildman–Crippen MR) is 98.6 cm³/mol. The van der Waals surface area contributed by atoms with E-state index in [9.17, 15) is 13.2 Å². The highest BCUT2D eigenvalue weighted by Crippen LogP contribution is 2.34. The van der Waals surface area contributed by atoms with Crippen LogP contribution < -0.4 is 10.2 Å². The summed E-state index contributed by atoms with van der Waals surface area (Å²) >= 11 is 0. The quantitative estimate of drug-likeness (QED) is 0.541. The Balaban J connectivity index is 2.53. The lowest BCUT2D eigenvalue weighted by atomic mass is 10.1. The zero-order valence-corrected chi connectivity index (χ0v) is 15.9. The van der Waals surface area contributed by atoms with E-state index in [-0.39, 0.29) is 23.1 Å². The fourth-order valence-electron chi connectivity index (χ4n) is 2.66. The third-order valence-corrected chi connectivity index (χ3v) is 5.93. The topological polar surface area (TPSA) is 95.9 Å². The molecule has 0 heterocycles. The van der Waals surface area contributed by atoms with Gasteiger partial charge in [-0.2, -0.15) is 4.31 Å². The molecule has 0 spiro atoms. The third-order valence-electron chi connectivity index (χ3n) is 4.07. The first-order valence-corrected chi connectivity index (χ1v) is 9.74. The van der Waals surface area contributed by atoms with Crippen molar-refractivity contribution < 1.29 is 23.2 Å². The number of hydrogen-bond acceptors (Lipinski definition) is 5. The average Bonchev–Trinajstić information content (AvgIpc) is 2.63. The summed E-state index contributed by atoms with van der Waals surface area (Å²) in [5.74, 6) is -0.303. The van der Waals surface area contributed by atoms with Crippen LogP contribution in [0.4, 0.5) is 0 Å². The van der Waals surface area contributed by atoms with Crippen LogP contribution in [-0.2, 0) is 14.8 Å². The van der Waals surface area contributed by atoms with Gasteiger partial charge in [-0.05, 0) is 23.8 Å². The Morgan fingerprint density at radius 3 is 2.54 bits per heavy atom. The number of hydroxylamine groups is 1. The first-order valence-electron chi connectivity index (χ1n) is 8.30. The van der Waals surface area contributed by atoms with Gasteiger partial charge in [-0.3, -0.25) is 10.0 Å². The van der Waals surface area contributed by atoms with Gasteiger partial charge in [0.15, 0.2) is 0 Å². The van der Waals surface area contributed by atoms with Gasteiger partial charge in [0.1, 0.15) is 10.6 Å². The molecule has 0 unspecified atom stereocenters. The number of rotatable bonds is 8. The fraction of sp³-hybridized carbons (Fsp3) is 0.389. The van der Waals surface area contributed by atoms with E-state index >= 15 is 0 Å². The normalized spacial score (nSPS) is 11.9. The van der Waals surface area contributed by atoms with Crippen molar-refractivity contribution in [3.63, 3.8) is 0 Å². The number of carbonyl (C=O) groups is 1. The minimum atomic E-state index is -4.00. The van der Waals surface area contributed by atoms with Crippen LogP contribution in [0, 0.1) is 5.92 Å². The van der Waals surface area contributed by atoms with Crippen LogP contribution in [0.2, 0.25) is 0 Å². The van der Waals surface area contributed by atoms with Crippen LogP contribution in [0.1, 0.15) is 20.3 Å². The van der Waals surface area contributed by atoms with Gasteiger partial charge in [0, 0.05) is 11.9 Å². The van der Waals surface area contributed by atoms with Gasteiger partial charge < -0.3 is 4.74 Å². The lowest BCUT2D eigenvalue weighted by molar-refractivity contribution is -0.129. The molecule has 26 heavy (non-hydrogen) atoms. The van der Waals surface area contributed by atoms with E-state index in [2.05, 4.69) is 0 Å². The van der Waals surface area contributed by atoms with Crippen LogP contribution in [0.5, 0.6) is 5.75 Å². The Bertz CT molecular complexity index is 880. The Morgan fingerprint density at radius 1 is 1.23 bits per heavy atom. The Morgan fingerprint density at radius 2 is 1.92 bits per heavy atom. The molecule has 0 atom stereocenters. The van der Waals surface area contributed by atoms with Crippen LogP contribution in [0.25, 0.3) is 10.8 Å². The molecule has 0 fully saturated rings. The maximum absolute atomic E-state index is 13.2. The number of ether oxygens (including phenoxy) is 1. The van der Waals surface area contributed by atoms with Gasteiger partial charge in [0.25, 0.3) is 5.91 Å². The van der Waals surface area contributed by atoms with Gasteiger partial charge >= 0.3 is 0 Å². The molecule has 0 aliphatic rings. The van der Waals surface area contributed by atoms with E-state index in [1.54, 1.807) is 18.2 Å². The van der Waals surface area contributed by atoms with E-state index in [4.69, 9.17) is 9.94 Å². The second-order valence-corrected chi connectivity index (χ2v) is 8.28. The van der Waals surface area contributed by atoms with E-state index in [1.807, 2.05) is 26.0 Å². The van der Waals surface area contributed by atoms with E-state index < -0.39 is 22.5 Å². The van der Waals surface area contributed by atoms with Crippen LogP contribution in [-0.4, -0.2) is 44.0 Å². The molecule has 0 bridgehead atoms. The molecule has 2 rings (SSSR count). The van der Waals surface area contributed by atoms with Crippen LogP contribution >= 0.6 is 0 Å². The molecule has 0 aliphatic carbocycles. The molecule has 2 N–H and O–H groups in total. The maximum atomic E-state index is 13.2. The number of fused-ring (bicyclic) bond motifs is 1. The standard InChI is InChI=1S/C18H24N2O5S/c1-13(2)10-11-20(12-17(21)19-22)26(23,24)16-9-8-14-6-4-5-7-15(14)18(16)25-3/h4-9,13,22H,10-12H2,1-3H3,(H,19,21). The lowest BCUT2D eigenvalue weighted by Crippen LogP contribution is -2.40. The molecular formula is C18H24N2O5S. The first kappa shape index (κ1) is 20.2. The molecule has 2 aromatic rings. The molecule has 1 amide bonds. The van der Waals surface area contributed by atoms with Crippen molar-refractivity contribution in [1.29, 1.82) is 0 Å². The summed E-state index contributed by atoms with van der Waals surface area (Å²) in [5.41, 5.74) is 1.49. The number of sulfonamides is 1. The highest BCUT2D eigenvalue weighted by molar-refractivity contribution is 7.89. The SMILES string of the molecule is COc1c(S(=O)(=O)N(CCC(C)C)CC(=O)NO)ccc2ccccc12. The Hall–Kier alpha value is -2.16. The maximum Gasteiger partial charge on any atom is 0.258 e. The van der Waals surface area contributed by atoms with Crippen molar-refractivity contribution in [2.24, 2.45) is 5.92 Å². The number of benzene rings is 2. The minimum absolute atomic E-state index is 0.00630. The van der Waals surface area contributed by atoms with E-state index in [1.165, 1.54) is 18.7 Å². The molecule has 0 saturated heterocycles. The molecule has 7 nitrogen and oxygen atoms in total. The van der Waals surface area contributed by atoms with E-state index in [0.717, 1.165) is 9.69 Å². The monoisotopic (exact) mass is 380 g/mol. The zero-order valence-electron chi connectivity index (χ0n) is 15.1. The number of carbonyl (C=O) groups excluding carboxylic acids is 1. The molecular weight excluding hydrogens is 356 g/mol. The average molecular weight is 380 g/mol. The van der Waals surface area contributed by atoms with Crippen molar-refractivity contribution in [1.82, 2.24) is 9.79 Å². The lowest BCUT2D eigenvalue weighted by Gasteiger charge is -2.23. The van der Waals surface area contributed by atoms with Crippen molar-refractivity contribution in [3.05, 3.63) is 36.4 Å². The van der Waals surface area contributed by atoms with Gasteiger partial charge in [0.2, 0.25) is 10.0 Å². The molecule has 0 radical (unpaired) electrons. The number of amides is 1. The summed E-state index contributed by atoms with van der Waals surface area (Å²) in [4.78, 5) is 11.6. The summed E-state index contributed by atoms with van der Waals surface area (Å²) in [6, 6.07) is 10.5. The fourth-order valence-corrected chi connectivity index (χ4v) is 4.24. The van der Waals surface area contributed by atoms with Crippen molar-refractivity contribution in [3.8, 4) is 5.75 Å². The second kappa shape index (κ2) is 8.48. The van der Waals surface area contributed by atoms with Crippen LogP contribution in [0.15, 0.2) is 41.3 Å². The molecule has 0 saturated carbocycles. The molecule has 0 aromatic heterocycles. The molecule has 2 aromatic carbocycles. The Kier molecular flexibility index (Phi) is 6.57. The zero-order chi connectivity index (χ0) is 19.3. The molecule has 8 heteroatoms. The van der Waals surface area contributed by atoms with Crippen molar-refractivity contribution >= 4 is 26.7 Å². The largest absolute Gasteiger partial charge is 0.495 e. The predicted octanol–water partition coefficient (Wildman–Crippen LogP) is 2.39. The van der Waals surface area contributed by atoms with Crippen molar-refractivity contribution in [2.75, 3.05) is 20.2 Å². The number of nitrogens with zero attached hydrogens (tertiary/aromatic N) is 1. The second-order valence-electron chi connectivity index (χ2n) is 6.37. The van der Waals surface area contributed by atoms with Gasteiger partial charge in [-0.1, -0.05) is 44.2 Å². The van der Waals surface area contributed by atoms with Gasteiger partial charge in [-0.15, -0.1) is 0 Å². The number of methoxy groups -OCH3 is 1. The third kappa shape index (κ3) is 4.32. The smallest absolute Gasteiger partial charge is 0.258 e. The first-order chi connectivity index (χ1) is 12.3. The van der Waals surface area contributed by atoms with Crippen LogP contribution in [0.3, 0.4) is 0 Å². The summed E-state index contributed by atoms with van der Waals surface area (Å²) in [7, 11) is -2.58. The summed E-state index contributed by atoms with van der Waals surface area (Å²) < 4.78 is 32.9. The summed E-state index contributed by atoms with van der Waals surface area (Å²) in [6.07, 6.45) is 0.577. The molecule has 0 aliphatic heterocycles.